The number of amidine groups is 1. The van der Waals surface area contributed by atoms with Gasteiger partial charge in [-0.2, -0.15) is 4.98 Å². The molecule has 5 N–H and O–H groups in total. The summed E-state index contributed by atoms with van der Waals surface area (Å²) in [5, 5.41) is 0. The van der Waals surface area contributed by atoms with Crippen molar-refractivity contribution < 1.29 is 9.53 Å². The first-order valence-corrected chi connectivity index (χ1v) is 13.2. The topological polar surface area (TPSA) is 141 Å². The maximum Gasteiger partial charge on any atom is 0.247 e. The van der Waals surface area contributed by atoms with Crippen LogP contribution in [-0.2, 0) is 4.79 Å². The Labute approximate surface area is 218 Å². The van der Waals surface area contributed by atoms with Gasteiger partial charge in [0, 0.05) is 24.6 Å². The third-order valence-corrected chi connectivity index (χ3v) is 6.35. The number of carbonyl (C=O) groups is 1. The number of nitrogens with one attached hydrogen (secondary N) is 1. The summed E-state index contributed by atoms with van der Waals surface area (Å²) in [5.41, 5.74) is 15.5. The zero-order valence-corrected chi connectivity index (χ0v) is 23.0. The zero-order chi connectivity index (χ0) is 26.7. The highest BCUT2D eigenvalue weighted by Gasteiger charge is 2.36. The monoisotopic (exact) mass is 513 g/mol. The third-order valence-electron chi connectivity index (χ3n) is 5.84. The predicted molar refractivity (Wildman–Crippen MR) is 151 cm³/mol. The number of nitrogens with zero attached hydrogens (tertiary/aromatic N) is 4. The lowest BCUT2D eigenvalue weighted by Gasteiger charge is -2.32. The fourth-order valence-electron chi connectivity index (χ4n) is 4.07. The molecule has 1 saturated carbocycles. The molecule has 9 nitrogen and oxygen atoms in total. The number of nitrogen functional groups attached to an aromatic ring is 1. The third kappa shape index (κ3) is 7.76. The number of hydrogen-bond acceptors (Lipinski definition) is 9. The summed E-state index contributed by atoms with van der Waals surface area (Å²) in [4.78, 5) is 26.5. The smallest absolute Gasteiger partial charge is 0.247 e. The van der Waals surface area contributed by atoms with E-state index in [1.807, 2.05) is 13.8 Å². The SMILES string of the molecule is CC.CN=C(C)NSC=O.Cc1nc(N)c2c(n1)OC(C)(N)C(c1ccc(C3CCCCC3)cc1)=N2. The van der Waals surface area contributed by atoms with Gasteiger partial charge < -0.3 is 15.2 Å². The van der Waals surface area contributed by atoms with Crippen molar-refractivity contribution in [3.05, 3.63) is 41.2 Å². The molecular formula is C26H39N7O2S. The predicted octanol–water partition coefficient (Wildman–Crippen LogP) is 5.09. The van der Waals surface area contributed by atoms with Crippen molar-refractivity contribution in [3.63, 3.8) is 0 Å². The second-order valence-electron chi connectivity index (χ2n) is 8.56. The van der Waals surface area contributed by atoms with Crippen LogP contribution in [0.2, 0.25) is 0 Å². The zero-order valence-electron chi connectivity index (χ0n) is 22.2. The number of ether oxygens (including phenoxy) is 1. The summed E-state index contributed by atoms with van der Waals surface area (Å²) in [6, 6.07) is 8.53. The molecule has 0 radical (unpaired) electrons. The number of aryl methyl sites for hydroxylation is 1. The highest BCUT2D eigenvalue weighted by molar-refractivity contribution is 8.10. The summed E-state index contributed by atoms with van der Waals surface area (Å²) >= 11 is 0.979. The maximum absolute atomic E-state index is 9.67. The lowest BCUT2D eigenvalue weighted by Crippen LogP contribution is -2.52. The van der Waals surface area contributed by atoms with E-state index in [4.69, 9.17) is 16.2 Å². The number of anilines is 1. The molecule has 1 aliphatic heterocycles. The average Bonchev–Trinajstić information content (AvgIpc) is 2.88. The van der Waals surface area contributed by atoms with Crippen LogP contribution in [0.25, 0.3) is 0 Å². The summed E-state index contributed by atoms with van der Waals surface area (Å²) < 4.78 is 8.59. The normalized spacial score (nSPS) is 19.3. The van der Waals surface area contributed by atoms with Crippen LogP contribution in [0.1, 0.15) is 82.7 Å². The van der Waals surface area contributed by atoms with Crippen LogP contribution < -0.4 is 20.9 Å². The van der Waals surface area contributed by atoms with E-state index in [-0.39, 0.29) is 0 Å². The Morgan fingerprint density at radius 1 is 1.19 bits per heavy atom. The lowest BCUT2D eigenvalue weighted by molar-refractivity contribution is 0.158. The quantitative estimate of drug-likeness (QED) is 0.222. The molecule has 196 valence electrons. The van der Waals surface area contributed by atoms with Gasteiger partial charge in [0.1, 0.15) is 17.4 Å². The molecule has 0 saturated heterocycles. The molecule has 10 heteroatoms. The minimum absolute atomic E-state index is 0.305. The Bertz CT molecular complexity index is 1060. The molecule has 36 heavy (non-hydrogen) atoms. The van der Waals surface area contributed by atoms with Crippen LogP contribution >= 0.6 is 11.9 Å². The molecule has 0 amide bonds. The minimum atomic E-state index is -1.08. The van der Waals surface area contributed by atoms with Crippen molar-refractivity contribution >= 4 is 40.6 Å². The molecule has 4 rings (SSSR count). The van der Waals surface area contributed by atoms with Crippen molar-refractivity contribution in [3.8, 4) is 5.88 Å². The van der Waals surface area contributed by atoms with Crippen LogP contribution in [0.4, 0.5) is 11.5 Å². The number of benzene rings is 1. The van der Waals surface area contributed by atoms with E-state index in [0.29, 0.717) is 40.5 Å². The van der Waals surface area contributed by atoms with Gasteiger partial charge in [-0.25, -0.2) is 9.98 Å². The number of rotatable bonds is 4. The van der Waals surface area contributed by atoms with Crippen LogP contribution in [0.3, 0.4) is 0 Å². The standard InChI is InChI=1S/C20H25N5O.C4H8N2OS.C2H6/c1-12-23-18(21)16-19(24-12)26-20(2,22)17(25-16)15-10-8-14(9-11-15)13-6-4-3-5-7-13;1-4(5-2)6-8-3-7;1-2/h8-11,13H,3-7,22H2,1-2H3,(H2,21,23,24);3H,1-2H3,(H,5,6);1-2H3. The fraction of sp³-hybridized carbons (Fsp3) is 0.500. The first-order chi connectivity index (χ1) is 17.2. The van der Waals surface area contributed by atoms with Crippen molar-refractivity contribution in [2.45, 2.75) is 78.4 Å². The number of aliphatic imine (C=N–C) groups is 2. The number of fused-ring (bicyclic) bond motifs is 1. The van der Waals surface area contributed by atoms with Crippen molar-refractivity contribution in [1.29, 1.82) is 0 Å². The van der Waals surface area contributed by atoms with Gasteiger partial charge in [-0.05, 0) is 45.1 Å². The minimum Gasteiger partial charge on any atom is -0.449 e. The van der Waals surface area contributed by atoms with Crippen LogP contribution in [0.5, 0.6) is 5.88 Å². The van der Waals surface area contributed by atoms with E-state index >= 15 is 0 Å². The summed E-state index contributed by atoms with van der Waals surface area (Å²) in [6.07, 6.45) is 6.56. The second-order valence-corrected chi connectivity index (χ2v) is 9.19. The van der Waals surface area contributed by atoms with Gasteiger partial charge in [-0.15, -0.1) is 0 Å². The number of aromatic nitrogens is 2. The van der Waals surface area contributed by atoms with Gasteiger partial charge >= 0.3 is 0 Å². The van der Waals surface area contributed by atoms with Gasteiger partial charge in [0.25, 0.3) is 0 Å². The van der Waals surface area contributed by atoms with Gasteiger partial charge in [0.05, 0.1) is 0 Å². The second kappa shape index (κ2) is 13.9. The Balaban J connectivity index is 0.000000392. The molecular weight excluding hydrogens is 474 g/mol. The lowest BCUT2D eigenvalue weighted by atomic mass is 9.83. The molecule has 1 aromatic carbocycles. The fourth-order valence-corrected chi connectivity index (χ4v) is 4.38. The van der Waals surface area contributed by atoms with E-state index < -0.39 is 5.72 Å². The molecule has 1 aliphatic carbocycles. The van der Waals surface area contributed by atoms with Crippen LogP contribution in [0.15, 0.2) is 34.3 Å². The van der Waals surface area contributed by atoms with E-state index in [0.717, 1.165) is 23.3 Å². The number of hydrogen-bond donors (Lipinski definition) is 3. The van der Waals surface area contributed by atoms with E-state index in [9.17, 15) is 4.79 Å². The van der Waals surface area contributed by atoms with Gasteiger partial charge in [0.2, 0.25) is 11.6 Å². The number of carbonyl (C=O) groups excluding carboxylic acids is 1. The molecule has 0 bridgehead atoms. The molecule has 1 aromatic heterocycles. The van der Waals surface area contributed by atoms with E-state index in [2.05, 4.69) is 48.9 Å². The molecule has 1 fully saturated rings. The van der Waals surface area contributed by atoms with Crippen molar-refractivity contribution in [1.82, 2.24) is 14.7 Å². The van der Waals surface area contributed by atoms with E-state index in [1.54, 1.807) is 27.8 Å². The molecule has 2 heterocycles. The molecule has 2 aromatic rings. The first kappa shape index (κ1) is 29.3. The Kier molecular flexibility index (Phi) is 11.3. The van der Waals surface area contributed by atoms with Crippen molar-refractivity contribution in [2.24, 2.45) is 15.7 Å². The molecule has 1 unspecified atom stereocenters. The average molecular weight is 514 g/mol. The Hall–Kier alpha value is -2.98. The van der Waals surface area contributed by atoms with E-state index in [1.165, 1.54) is 37.7 Å². The highest BCUT2D eigenvalue weighted by Crippen LogP contribution is 2.38. The Morgan fingerprint density at radius 2 is 1.83 bits per heavy atom. The maximum atomic E-state index is 9.67. The first-order valence-electron chi connectivity index (χ1n) is 12.4. The largest absolute Gasteiger partial charge is 0.449 e. The van der Waals surface area contributed by atoms with Gasteiger partial charge in [0.15, 0.2) is 17.1 Å². The highest BCUT2D eigenvalue weighted by atomic mass is 32.2. The summed E-state index contributed by atoms with van der Waals surface area (Å²) in [5.74, 6) is 2.59. The Morgan fingerprint density at radius 3 is 2.42 bits per heavy atom. The van der Waals surface area contributed by atoms with Gasteiger partial charge in [-0.3, -0.25) is 15.5 Å². The molecule has 2 aliphatic rings. The molecule has 0 spiro atoms. The summed E-state index contributed by atoms with van der Waals surface area (Å²) in [7, 11) is 1.66. The summed E-state index contributed by atoms with van der Waals surface area (Å²) in [6.45, 7) is 9.34. The molecule has 1 atom stereocenters. The number of nitrogens with two attached hydrogens (primary N) is 2. The van der Waals surface area contributed by atoms with Gasteiger partial charge in [-0.1, -0.05) is 57.4 Å². The van der Waals surface area contributed by atoms with Crippen molar-refractivity contribution in [2.75, 3.05) is 12.8 Å². The van der Waals surface area contributed by atoms with Crippen LogP contribution in [0, 0.1) is 6.92 Å². The van der Waals surface area contributed by atoms with Crippen LogP contribution in [-0.4, -0.2) is 39.9 Å².